The minimum absolute atomic E-state index is 0.614. The Balaban J connectivity index is 1.13. The lowest BCUT2D eigenvalue weighted by Crippen LogP contribution is -2.01. The molecule has 10 aromatic rings. The van der Waals surface area contributed by atoms with Crippen LogP contribution >= 0.6 is 0 Å². The molecule has 0 N–H and O–H groups in total. The molecule has 272 valence electrons. The monoisotopic (exact) mass is 739 g/mol. The lowest BCUT2D eigenvalue weighted by molar-refractivity contribution is 1.07. The summed E-state index contributed by atoms with van der Waals surface area (Å²) in [6.45, 7) is 0. The quantitative estimate of drug-likeness (QED) is 0.156. The van der Waals surface area contributed by atoms with E-state index >= 15 is 0 Å². The van der Waals surface area contributed by atoms with Crippen LogP contribution in [0.5, 0.6) is 0 Å². The van der Waals surface area contributed by atoms with Crippen molar-refractivity contribution in [2.75, 3.05) is 0 Å². The lowest BCUT2D eigenvalue weighted by Gasteiger charge is -2.15. The molecule has 0 bridgehead atoms. The number of rotatable bonds is 8. The zero-order chi connectivity index (χ0) is 38.7. The van der Waals surface area contributed by atoms with Crippen LogP contribution in [0.2, 0.25) is 0 Å². The number of fused-ring (bicyclic) bond motifs is 1. The predicted molar refractivity (Wildman–Crippen MR) is 241 cm³/mol. The summed E-state index contributed by atoms with van der Waals surface area (Å²) in [5.41, 5.74) is 14.1. The fourth-order valence-electron chi connectivity index (χ4n) is 7.89. The van der Waals surface area contributed by atoms with Crippen LogP contribution in [-0.2, 0) is 0 Å². The van der Waals surface area contributed by atoms with Gasteiger partial charge in [0.15, 0.2) is 17.5 Å². The Labute approximate surface area is 338 Å². The van der Waals surface area contributed by atoms with Gasteiger partial charge in [0, 0.05) is 16.7 Å². The van der Waals surface area contributed by atoms with Crippen LogP contribution in [-0.4, -0.2) is 15.0 Å². The molecule has 0 aliphatic carbocycles. The normalized spacial score (nSPS) is 11.1. The molecule has 0 atom stereocenters. The molecular formula is C55H37N3. The van der Waals surface area contributed by atoms with Crippen molar-refractivity contribution in [1.82, 2.24) is 15.0 Å². The van der Waals surface area contributed by atoms with Crippen molar-refractivity contribution in [3.8, 4) is 89.8 Å². The first-order valence-corrected chi connectivity index (χ1v) is 19.6. The van der Waals surface area contributed by atoms with Crippen molar-refractivity contribution in [3.63, 3.8) is 0 Å². The molecule has 1 aromatic heterocycles. The van der Waals surface area contributed by atoms with Gasteiger partial charge in [-0.3, -0.25) is 0 Å². The highest BCUT2D eigenvalue weighted by Gasteiger charge is 2.18. The Hall–Kier alpha value is -7.75. The molecule has 0 spiro atoms. The number of hydrogen-bond donors (Lipinski definition) is 0. The largest absolute Gasteiger partial charge is 0.208 e. The maximum atomic E-state index is 5.24. The first-order chi connectivity index (χ1) is 28.7. The van der Waals surface area contributed by atoms with Gasteiger partial charge in [-0.25, -0.2) is 15.0 Å². The number of nitrogens with zero attached hydrogens (tertiary/aromatic N) is 3. The Morgan fingerprint density at radius 3 is 1.34 bits per heavy atom. The van der Waals surface area contributed by atoms with Gasteiger partial charge in [-0.1, -0.05) is 206 Å². The van der Waals surface area contributed by atoms with Crippen molar-refractivity contribution in [2.24, 2.45) is 0 Å². The summed E-state index contributed by atoms with van der Waals surface area (Å²) in [5.74, 6) is 1.86. The third-order valence-corrected chi connectivity index (χ3v) is 10.8. The van der Waals surface area contributed by atoms with E-state index in [1.807, 2.05) is 12.1 Å². The van der Waals surface area contributed by atoms with Gasteiger partial charge < -0.3 is 0 Å². The molecular weight excluding hydrogens is 703 g/mol. The van der Waals surface area contributed by atoms with E-state index in [0.29, 0.717) is 17.5 Å². The molecule has 3 heteroatoms. The van der Waals surface area contributed by atoms with Crippen LogP contribution < -0.4 is 0 Å². The number of aromatic nitrogens is 3. The van der Waals surface area contributed by atoms with Gasteiger partial charge in [-0.05, 0) is 84.6 Å². The Kier molecular flexibility index (Phi) is 9.23. The summed E-state index contributed by atoms with van der Waals surface area (Å²) in [4.78, 5) is 15.6. The minimum atomic E-state index is 0.614. The minimum Gasteiger partial charge on any atom is -0.208 e. The van der Waals surface area contributed by atoms with E-state index in [2.05, 4.69) is 212 Å². The van der Waals surface area contributed by atoms with Gasteiger partial charge in [-0.15, -0.1) is 0 Å². The summed E-state index contributed by atoms with van der Waals surface area (Å²) in [6, 6.07) is 78.9. The molecule has 0 aliphatic rings. The average molecular weight is 740 g/mol. The van der Waals surface area contributed by atoms with Gasteiger partial charge >= 0.3 is 0 Å². The standard InChI is InChI=1S/C55H37N3/c1-4-17-38(18-5-1)42-25-14-27-45(35-42)53-56-54(58-55(57-53)51-31-13-12-30-48(51)39-19-6-2-7-20-39)46-28-15-26-43(36-46)50-34-33-44(37-52(50)41-21-8-3-9-22-41)49-32-16-24-40-23-10-11-29-47(40)49/h1-37H. The maximum Gasteiger partial charge on any atom is 0.164 e. The molecule has 0 aliphatic heterocycles. The Morgan fingerprint density at radius 2 is 0.638 bits per heavy atom. The van der Waals surface area contributed by atoms with Crippen LogP contribution in [0.25, 0.3) is 101 Å². The molecule has 0 radical (unpaired) electrons. The van der Waals surface area contributed by atoms with E-state index in [4.69, 9.17) is 15.0 Å². The maximum absolute atomic E-state index is 5.24. The van der Waals surface area contributed by atoms with Crippen LogP contribution in [0.15, 0.2) is 224 Å². The predicted octanol–water partition coefficient (Wildman–Crippen LogP) is 14.4. The Morgan fingerprint density at radius 1 is 0.207 bits per heavy atom. The van der Waals surface area contributed by atoms with E-state index < -0.39 is 0 Å². The smallest absolute Gasteiger partial charge is 0.164 e. The molecule has 0 saturated heterocycles. The summed E-state index contributed by atoms with van der Waals surface area (Å²) < 4.78 is 0. The first-order valence-electron chi connectivity index (χ1n) is 19.6. The second-order valence-electron chi connectivity index (χ2n) is 14.4. The highest BCUT2D eigenvalue weighted by molar-refractivity contribution is 5.98. The van der Waals surface area contributed by atoms with Crippen molar-refractivity contribution in [3.05, 3.63) is 224 Å². The molecule has 0 unspecified atom stereocenters. The van der Waals surface area contributed by atoms with Crippen molar-refractivity contribution < 1.29 is 0 Å². The van der Waals surface area contributed by atoms with Gasteiger partial charge in [0.1, 0.15) is 0 Å². The van der Waals surface area contributed by atoms with E-state index in [1.54, 1.807) is 0 Å². The second kappa shape index (κ2) is 15.4. The third kappa shape index (κ3) is 6.87. The van der Waals surface area contributed by atoms with Crippen LogP contribution in [0.4, 0.5) is 0 Å². The van der Waals surface area contributed by atoms with Crippen LogP contribution in [0, 0.1) is 0 Å². The molecule has 0 fully saturated rings. The highest BCUT2D eigenvalue weighted by atomic mass is 15.0. The van der Waals surface area contributed by atoms with E-state index in [-0.39, 0.29) is 0 Å². The van der Waals surface area contributed by atoms with Gasteiger partial charge in [0.25, 0.3) is 0 Å². The summed E-state index contributed by atoms with van der Waals surface area (Å²) >= 11 is 0. The fourth-order valence-corrected chi connectivity index (χ4v) is 7.89. The van der Waals surface area contributed by atoms with E-state index in [0.717, 1.165) is 61.2 Å². The summed E-state index contributed by atoms with van der Waals surface area (Å²) in [7, 11) is 0. The SMILES string of the molecule is c1ccc(-c2cccc(-c3nc(-c4cccc(-c5ccc(-c6cccc7ccccc67)cc5-c5ccccc5)c4)nc(-c4ccccc4-c4ccccc4)n3)c2)cc1. The molecule has 0 saturated carbocycles. The number of benzene rings is 9. The highest BCUT2D eigenvalue weighted by Crippen LogP contribution is 2.39. The van der Waals surface area contributed by atoms with Crippen LogP contribution in [0.1, 0.15) is 0 Å². The zero-order valence-electron chi connectivity index (χ0n) is 31.7. The van der Waals surface area contributed by atoms with Gasteiger partial charge in [-0.2, -0.15) is 0 Å². The molecule has 3 nitrogen and oxygen atoms in total. The van der Waals surface area contributed by atoms with Gasteiger partial charge in [0.05, 0.1) is 0 Å². The topological polar surface area (TPSA) is 38.7 Å². The van der Waals surface area contributed by atoms with Gasteiger partial charge in [0.2, 0.25) is 0 Å². The molecule has 9 aromatic carbocycles. The second-order valence-corrected chi connectivity index (χ2v) is 14.4. The third-order valence-electron chi connectivity index (χ3n) is 10.8. The fraction of sp³-hybridized carbons (Fsp3) is 0. The molecule has 58 heavy (non-hydrogen) atoms. The van der Waals surface area contributed by atoms with Crippen molar-refractivity contribution in [1.29, 1.82) is 0 Å². The van der Waals surface area contributed by atoms with Crippen molar-refractivity contribution >= 4 is 10.8 Å². The zero-order valence-corrected chi connectivity index (χ0v) is 31.7. The molecule has 0 amide bonds. The number of hydrogen-bond acceptors (Lipinski definition) is 3. The van der Waals surface area contributed by atoms with E-state index in [1.165, 1.54) is 21.9 Å². The van der Waals surface area contributed by atoms with E-state index in [9.17, 15) is 0 Å². The lowest BCUT2D eigenvalue weighted by atomic mass is 9.89. The average Bonchev–Trinajstić information content (AvgIpc) is 3.32. The first kappa shape index (κ1) is 34.7. The molecule has 1 heterocycles. The summed E-state index contributed by atoms with van der Waals surface area (Å²) in [6.07, 6.45) is 0. The van der Waals surface area contributed by atoms with Crippen molar-refractivity contribution in [2.45, 2.75) is 0 Å². The summed E-state index contributed by atoms with van der Waals surface area (Å²) in [5, 5.41) is 2.47. The Bertz CT molecular complexity index is 3040. The van der Waals surface area contributed by atoms with Crippen LogP contribution in [0.3, 0.4) is 0 Å². The molecule has 10 rings (SSSR count).